The Morgan fingerprint density at radius 3 is 2.55 bits per heavy atom. The molecule has 1 amide bonds. The van der Waals surface area contributed by atoms with Crippen LogP contribution in [-0.2, 0) is 4.79 Å². The van der Waals surface area contributed by atoms with Gasteiger partial charge in [-0.25, -0.2) is 0 Å². The Morgan fingerprint density at radius 1 is 1.10 bits per heavy atom. The predicted octanol–water partition coefficient (Wildman–Crippen LogP) is 3.66. The molecular formula is C22H31Cl2N3O2. The van der Waals surface area contributed by atoms with Crippen molar-refractivity contribution in [3.8, 4) is 0 Å². The van der Waals surface area contributed by atoms with Gasteiger partial charge in [0.05, 0.1) is 16.1 Å². The topological polar surface area (TPSA) is 47.0 Å². The van der Waals surface area contributed by atoms with Crippen molar-refractivity contribution in [2.45, 2.75) is 51.2 Å². The van der Waals surface area contributed by atoms with Crippen molar-refractivity contribution < 1.29 is 9.90 Å². The maximum Gasteiger partial charge on any atom is 0.245 e. The molecule has 4 rings (SSSR count). The molecule has 1 unspecified atom stereocenters. The number of aliphatic hydroxyl groups excluding tert-OH is 1. The minimum atomic E-state index is -0.169. The molecule has 1 spiro atoms. The normalized spacial score (nSPS) is 27.0. The van der Waals surface area contributed by atoms with Crippen LogP contribution in [0.25, 0.3) is 0 Å². The van der Waals surface area contributed by atoms with Gasteiger partial charge in [-0.2, -0.15) is 0 Å². The van der Waals surface area contributed by atoms with Crippen molar-refractivity contribution >= 4 is 34.8 Å². The fourth-order valence-electron chi connectivity index (χ4n) is 4.94. The molecule has 29 heavy (non-hydrogen) atoms. The van der Waals surface area contributed by atoms with E-state index in [1.165, 1.54) is 12.8 Å². The molecular weight excluding hydrogens is 409 g/mol. The lowest BCUT2D eigenvalue weighted by Gasteiger charge is -2.42. The Hall–Kier alpha value is -1.01. The number of piperazine rings is 1. The molecule has 0 bridgehead atoms. The molecule has 1 aromatic rings. The maximum absolute atomic E-state index is 13.1. The zero-order chi connectivity index (χ0) is 20.6. The number of carbonyl (C=O) groups excluding carboxylic acids is 1. The molecule has 2 atom stereocenters. The number of rotatable bonds is 6. The van der Waals surface area contributed by atoms with Crippen LogP contribution in [0, 0.1) is 5.41 Å². The second-order valence-electron chi connectivity index (χ2n) is 8.82. The van der Waals surface area contributed by atoms with E-state index in [1.54, 1.807) is 6.07 Å². The lowest BCUT2D eigenvalue weighted by atomic mass is 9.90. The number of anilines is 1. The monoisotopic (exact) mass is 439 g/mol. The number of carbonyl (C=O) groups is 1. The minimum Gasteiger partial charge on any atom is -0.391 e. The van der Waals surface area contributed by atoms with Gasteiger partial charge in [-0.15, -0.1) is 0 Å². The SMILES string of the molecule is CCC1C(=O)N(CCCN2CCC3(CC3)[C@H](O)C2)CCN1c1ccc(Cl)c(Cl)c1. The van der Waals surface area contributed by atoms with Crippen LogP contribution in [0.1, 0.15) is 39.0 Å². The number of hydrogen-bond donors (Lipinski definition) is 1. The fourth-order valence-corrected chi connectivity index (χ4v) is 5.23. The van der Waals surface area contributed by atoms with Gasteiger partial charge in [0.1, 0.15) is 6.04 Å². The second-order valence-corrected chi connectivity index (χ2v) is 9.64. The Kier molecular flexibility index (Phi) is 6.31. The van der Waals surface area contributed by atoms with Crippen LogP contribution < -0.4 is 4.90 Å². The Balaban J connectivity index is 1.30. The number of benzene rings is 1. The van der Waals surface area contributed by atoms with E-state index in [0.717, 1.165) is 64.2 Å². The number of piperidine rings is 1. The molecule has 1 aromatic carbocycles. The summed E-state index contributed by atoms with van der Waals surface area (Å²) in [5.74, 6) is 0.195. The summed E-state index contributed by atoms with van der Waals surface area (Å²) < 4.78 is 0. The largest absolute Gasteiger partial charge is 0.391 e. The van der Waals surface area contributed by atoms with Crippen LogP contribution in [0.2, 0.25) is 10.0 Å². The van der Waals surface area contributed by atoms with Gasteiger partial charge in [-0.3, -0.25) is 4.79 Å². The second kappa shape index (κ2) is 8.62. The summed E-state index contributed by atoms with van der Waals surface area (Å²) >= 11 is 12.2. The zero-order valence-electron chi connectivity index (χ0n) is 17.1. The first kappa shape index (κ1) is 21.2. The molecule has 2 heterocycles. The molecule has 5 nitrogen and oxygen atoms in total. The third-order valence-corrected chi connectivity index (χ3v) is 7.80. The van der Waals surface area contributed by atoms with E-state index in [9.17, 15) is 9.90 Å². The molecule has 3 fully saturated rings. The molecule has 2 saturated heterocycles. The van der Waals surface area contributed by atoms with Crippen molar-refractivity contribution in [1.82, 2.24) is 9.80 Å². The van der Waals surface area contributed by atoms with Crippen LogP contribution >= 0.6 is 23.2 Å². The summed E-state index contributed by atoms with van der Waals surface area (Å²) in [4.78, 5) is 19.6. The van der Waals surface area contributed by atoms with Gasteiger partial charge in [0, 0.05) is 31.9 Å². The molecule has 0 aromatic heterocycles. The molecule has 2 aliphatic heterocycles. The van der Waals surface area contributed by atoms with E-state index in [2.05, 4.69) is 16.7 Å². The highest BCUT2D eigenvalue weighted by molar-refractivity contribution is 6.42. The average Bonchev–Trinajstić information content (AvgIpc) is 3.49. The summed E-state index contributed by atoms with van der Waals surface area (Å²) in [7, 11) is 0. The summed E-state index contributed by atoms with van der Waals surface area (Å²) in [5.41, 5.74) is 1.21. The number of likely N-dealkylation sites (tertiary alicyclic amines) is 1. The number of aliphatic hydroxyl groups is 1. The van der Waals surface area contributed by atoms with E-state index in [1.807, 2.05) is 17.0 Å². The highest BCUT2D eigenvalue weighted by atomic mass is 35.5. The number of amides is 1. The summed E-state index contributed by atoms with van der Waals surface area (Å²) in [5, 5.41) is 11.4. The quantitative estimate of drug-likeness (QED) is 0.734. The van der Waals surface area contributed by atoms with Crippen molar-refractivity contribution in [2.24, 2.45) is 5.41 Å². The van der Waals surface area contributed by atoms with Gasteiger partial charge in [-0.05, 0) is 68.8 Å². The molecule has 1 saturated carbocycles. The van der Waals surface area contributed by atoms with Crippen molar-refractivity contribution in [2.75, 3.05) is 44.2 Å². The minimum absolute atomic E-state index is 0.160. The lowest BCUT2D eigenvalue weighted by molar-refractivity contribution is -0.134. The number of halogens is 2. The number of β-amino-alcohol motifs (C(OH)–C–C–N with tert-alkyl or cyclic N) is 1. The third-order valence-electron chi connectivity index (χ3n) is 7.06. The summed E-state index contributed by atoms with van der Waals surface area (Å²) in [6.07, 6.45) is 5.05. The van der Waals surface area contributed by atoms with Gasteiger partial charge in [0.15, 0.2) is 0 Å². The van der Waals surface area contributed by atoms with Crippen molar-refractivity contribution in [3.05, 3.63) is 28.2 Å². The van der Waals surface area contributed by atoms with Crippen LogP contribution in [-0.4, -0.2) is 72.2 Å². The predicted molar refractivity (Wildman–Crippen MR) is 118 cm³/mol. The Bertz CT molecular complexity index is 756. The first-order valence-corrected chi connectivity index (χ1v) is 11.6. The van der Waals surface area contributed by atoms with Gasteiger partial charge in [0.25, 0.3) is 0 Å². The maximum atomic E-state index is 13.1. The standard InChI is InChI=1S/C22H31Cl2N3O2/c1-2-19-21(29)26(12-13-27(19)16-4-5-17(23)18(24)14-16)10-3-9-25-11-8-22(6-7-22)20(28)15-25/h4-5,14,19-20,28H,2-3,6-13,15H2,1H3/t19?,20-/m1/s1. The summed E-state index contributed by atoms with van der Waals surface area (Å²) in [6, 6.07) is 5.42. The third kappa shape index (κ3) is 4.39. The van der Waals surface area contributed by atoms with Crippen LogP contribution in [0.15, 0.2) is 18.2 Å². The molecule has 1 aliphatic carbocycles. The first-order valence-electron chi connectivity index (χ1n) is 10.8. The van der Waals surface area contributed by atoms with E-state index in [0.29, 0.717) is 10.0 Å². The molecule has 1 N–H and O–H groups in total. The van der Waals surface area contributed by atoms with Crippen molar-refractivity contribution in [3.63, 3.8) is 0 Å². The lowest BCUT2D eigenvalue weighted by Crippen LogP contribution is -2.57. The molecule has 3 aliphatic rings. The van der Waals surface area contributed by atoms with E-state index >= 15 is 0 Å². The average molecular weight is 440 g/mol. The van der Waals surface area contributed by atoms with E-state index in [4.69, 9.17) is 23.2 Å². The van der Waals surface area contributed by atoms with Gasteiger partial charge < -0.3 is 19.8 Å². The summed E-state index contributed by atoms with van der Waals surface area (Å²) in [6.45, 7) is 7.17. The van der Waals surface area contributed by atoms with Crippen LogP contribution in [0.4, 0.5) is 5.69 Å². The van der Waals surface area contributed by atoms with Crippen LogP contribution in [0.5, 0.6) is 0 Å². The molecule has 7 heteroatoms. The molecule has 160 valence electrons. The Morgan fingerprint density at radius 2 is 1.90 bits per heavy atom. The number of nitrogens with zero attached hydrogens (tertiary/aromatic N) is 3. The molecule has 0 radical (unpaired) electrons. The highest BCUT2D eigenvalue weighted by Gasteiger charge is 2.51. The van der Waals surface area contributed by atoms with Gasteiger partial charge >= 0.3 is 0 Å². The smallest absolute Gasteiger partial charge is 0.245 e. The van der Waals surface area contributed by atoms with E-state index < -0.39 is 0 Å². The van der Waals surface area contributed by atoms with Crippen molar-refractivity contribution in [1.29, 1.82) is 0 Å². The fraction of sp³-hybridized carbons (Fsp3) is 0.682. The van der Waals surface area contributed by atoms with Gasteiger partial charge in [0.2, 0.25) is 5.91 Å². The number of hydrogen-bond acceptors (Lipinski definition) is 4. The van der Waals surface area contributed by atoms with Crippen LogP contribution in [0.3, 0.4) is 0 Å². The van der Waals surface area contributed by atoms with Gasteiger partial charge in [-0.1, -0.05) is 30.1 Å². The zero-order valence-corrected chi connectivity index (χ0v) is 18.6. The van der Waals surface area contributed by atoms with E-state index in [-0.39, 0.29) is 23.5 Å². The highest BCUT2D eigenvalue weighted by Crippen LogP contribution is 2.53. The first-order chi connectivity index (χ1) is 13.9. The Labute approximate surface area is 183 Å².